The van der Waals surface area contributed by atoms with Gasteiger partial charge in [0.2, 0.25) is 0 Å². The Bertz CT molecular complexity index is 176. The molecule has 1 N–H and O–H groups in total. The molecule has 0 aromatic heterocycles. The van der Waals surface area contributed by atoms with Crippen LogP contribution in [0.15, 0.2) is 0 Å². The Morgan fingerprint density at radius 1 is 1.54 bits per heavy atom. The first-order valence-corrected chi connectivity index (χ1v) is 4.76. The fraction of sp³-hybridized carbons (Fsp3) is 1.00. The zero-order chi connectivity index (χ0) is 10.1. The van der Waals surface area contributed by atoms with Gasteiger partial charge in [0.25, 0.3) is 5.92 Å². The molecule has 1 aliphatic heterocycles. The van der Waals surface area contributed by atoms with Crippen molar-refractivity contribution < 1.29 is 10.2 Å². The highest BCUT2D eigenvalue weighted by molar-refractivity contribution is 4.91. The van der Waals surface area contributed by atoms with Crippen LogP contribution in [0, 0.1) is 0 Å². The van der Waals surface area contributed by atoms with Crippen molar-refractivity contribution >= 4 is 0 Å². The number of hydrogen-bond acceptors (Lipinski definition) is 2. The molecule has 1 atom stereocenters. The summed E-state index contributed by atoms with van der Waals surface area (Å²) < 4.78 is 26.8. The highest BCUT2D eigenvalue weighted by Gasteiger charge is 2.44. The van der Waals surface area contributed by atoms with Crippen molar-refractivity contribution in [2.75, 3.05) is 20.1 Å². The number of nitrogens with one attached hydrogen (secondary N) is 1. The molecule has 0 saturated carbocycles. The SMILES string of the molecule is CN[C@H]1CCN(C(C)C)CC1(F)F.[HH]. The first-order chi connectivity index (χ1) is 5.97. The monoisotopic (exact) mass is 194 g/mol. The summed E-state index contributed by atoms with van der Waals surface area (Å²) in [4.78, 5) is 1.83. The third-order valence-corrected chi connectivity index (χ3v) is 2.71. The van der Waals surface area contributed by atoms with Crippen LogP contribution in [-0.2, 0) is 0 Å². The van der Waals surface area contributed by atoms with E-state index in [9.17, 15) is 8.78 Å². The van der Waals surface area contributed by atoms with Crippen LogP contribution in [0.4, 0.5) is 8.78 Å². The van der Waals surface area contributed by atoms with Crippen LogP contribution in [0.1, 0.15) is 21.7 Å². The maximum Gasteiger partial charge on any atom is 0.275 e. The summed E-state index contributed by atoms with van der Waals surface area (Å²) in [7, 11) is 1.60. The summed E-state index contributed by atoms with van der Waals surface area (Å²) in [5.74, 6) is -2.59. The van der Waals surface area contributed by atoms with Gasteiger partial charge in [-0.25, -0.2) is 8.78 Å². The minimum absolute atomic E-state index is 0. The van der Waals surface area contributed by atoms with Gasteiger partial charge in [-0.1, -0.05) is 0 Å². The van der Waals surface area contributed by atoms with Crippen LogP contribution in [0.3, 0.4) is 0 Å². The summed E-state index contributed by atoms with van der Waals surface area (Å²) in [6.45, 7) is 4.56. The van der Waals surface area contributed by atoms with Crippen LogP contribution < -0.4 is 5.32 Å². The lowest BCUT2D eigenvalue weighted by atomic mass is 10.00. The van der Waals surface area contributed by atoms with Gasteiger partial charge in [0.05, 0.1) is 12.6 Å². The molecule has 1 rings (SSSR count). The van der Waals surface area contributed by atoms with Crippen LogP contribution in [0.2, 0.25) is 0 Å². The summed E-state index contributed by atoms with van der Waals surface area (Å²) in [6, 6.07) is -0.439. The Balaban J connectivity index is 0.00000169. The minimum Gasteiger partial charge on any atom is -0.312 e. The van der Waals surface area contributed by atoms with E-state index in [0.717, 1.165) is 6.54 Å². The molecule has 0 bridgehead atoms. The first-order valence-electron chi connectivity index (χ1n) is 4.76. The smallest absolute Gasteiger partial charge is 0.275 e. The van der Waals surface area contributed by atoms with E-state index in [1.54, 1.807) is 7.05 Å². The molecule has 2 nitrogen and oxygen atoms in total. The molecule has 0 radical (unpaired) electrons. The molecule has 1 saturated heterocycles. The Morgan fingerprint density at radius 3 is 2.54 bits per heavy atom. The Morgan fingerprint density at radius 2 is 2.15 bits per heavy atom. The van der Waals surface area contributed by atoms with E-state index in [0.29, 0.717) is 6.42 Å². The van der Waals surface area contributed by atoms with E-state index < -0.39 is 12.0 Å². The number of alkyl halides is 2. The van der Waals surface area contributed by atoms with E-state index in [-0.39, 0.29) is 14.0 Å². The lowest BCUT2D eigenvalue weighted by Gasteiger charge is -2.40. The third-order valence-electron chi connectivity index (χ3n) is 2.71. The van der Waals surface area contributed by atoms with Gasteiger partial charge in [0.1, 0.15) is 0 Å². The number of hydrogen-bond donors (Lipinski definition) is 1. The number of rotatable bonds is 2. The van der Waals surface area contributed by atoms with Gasteiger partial charge in [0, 0.05) is 14.0 Å². The van der Waals surface area contributed by atoms with Crippen LogP contribution in [-0.4, -0.2) is 43.0 Å². The summed E-state index contributed by atoms with van der Waals surface area (Å²) in [5.41, 5.74) is 0. The molecule has 80 valence electrons. The first kappa shape index (κ1) is 10.9. The molecule has 0 amide bonds. The standard InChI is InChI=1S/C9H18F2N2.H2/c1-7(2)13-5-4-8(12-3)9(10,11)6-13;/h7-8,12H,4-6H2,1-3H3;1H/t8-;/m0./s1. The maximum absolute atomic E-state index is 13.4. The van der Waals surface area contributed by atoms with Gasteiger partial charge < -0.3 is 5.32 Å². The van der Waals surface area contributed by atoms with E-state index in [2.05, 4.69) is 5.32 Å². The molecular formula is C9H20F2N2. The number of nitrogens with zero attached hydrogens (tertiary/aromatic N) is 1. The lowest BCUT2D eigenvalue weighted by molar-refractivity contribution is -0.0948. The fourth-order valence-electron chi connectivity index (χ4n) is 1.76. The molecule has 1 fully saturated rings. The quantitative estimate of drug-likeness (QED) is 0.718. The second kappa shape index (κ2) is 3.88. The minimum atomic E-state index is -2.59. The van der Waals surface area contributed by atoms with E-state index in [4.69, 9.17) is 0 Å². The van der Waals surface area contributed by atoms with Gasteiger partial charge in [-0.05, 0) is 27.3 Å². The van der Waals surface area contributed by atoms with Crippen molar-refractivity contribution in [3.05, 3.63) is 0 Å². The molecular weight excluding hydrogens is 174 g/mol. The molecule has 1 aliphatic rings. The van der Waals surface area contributed by atoms with Crippen LogP contribution >= 0.6 is 0 Å². The Hall–Kier alpha value is -0.220. The van der Waals surface area contributed by atoms with Gasteiger partial charge in [-0.15, -0.1) is 0 Å². The molecule has 0 aromatic carbocycles. The number of halogens is 2. The molecule has 0 spiro atoms. The summed E-state index contributed by atoms with van der Waals surface area (Å²) in [5, 5.41) is 2.68. The Kier molecular flexibility index (Phi) is 3.24. The maximum atomic E-state index is 13.4. The van der Waals surface area contributed by atoms with Crippen molar-refractivity contribution in [1.82, 2.24) is 10.2 Å². The largest absolute Gasteiger partial charge is 0.312 e. The zero-order valence-corrected chi connectivity index (χ0v) is 8.48. The second-order valence-electron chi connectivity index (χ2n) is 3.96. The van der Waals surface area contributed by atoms with E-state index in [1.807, 2.05) is 18.7 Å². The Labute approximate surface area is 79.8 Å². The molecule has 0 aliphatic carbocycles. The van der Waals surface area contributed by atoms with E-state index in [1.165, 1.54) is 0 Å². The number of piperidine rings is 1. The van der Waals surface area contributed by atoms with Crippen molar-refractivity contribution in [1.29, 1.82) is 0 Å². The average Bonchev–Trinajstić information content (AvgIpc) is 2.02. The van der Waals surface area contributed by atoms with Gasteiger partial charge >= 0.3 is 0 Å². The van der Waals surface area contributed by atoms with Crippen molar-refractivity contribution in [2.24, 2.45) is 0 Å². The average molecular weight is 194 g/mol. The molecule has 1 heterocycles. The zero-order valence-electron chi connectivity index (χ0n) is 8.48. The summed E-state index contributed by atoms with van der Waals surface area (Å²) in [6.07, 6.45) is 0.529. The summed E-state index contributed by atoms with van der Waals surface area (Å²) >= 11 is 0. The number of likely N-dealkylation sites (tertiary alicyclic amines) is 1. The fourth-order valence-corrected chi connectivity index (χ4v) is 1.76. The topological polar surface area (TPSA) is 15.3 Å². The van der Waals surface area contributed by atoms with Crippen molar-refractivity contribution in [3.8, 4) is 0 Å². The third kappa shape index (κ3) is 2.38. The van der Waals surface area contributed by atoms with E-state index >= 15 is 0 Å². The van der Waals surface area contributed by atoms with Gasteiger partial charge in [0.15, 0.2) is 0 Å². The lowest BCUT2D eigenvalue weighted by Crippen LogP contribution is -2.57. The highest BCUT2D eigenvalue weighted by Crippen LogP contribution is 2.27. The van der Waals surface area contributed by atoms with Crippen molar-refractivity contribution in [2.45, 2.75) is 38.3 Å². The molecule has 13 heavy (non-hydrogen) atoms. The van der Waals surface area contributed by atoms with Gasteiger partial charge in [-0.3, -0.25) is 4.90 Å². The molecule has 0 unspecified atom stereocenters. The van der Waals surface area contributed by atoms with Crippen LogP contribution in [0.5, 0.6) is 0 Å². The predicted molar refractivity (Wildman–Crippen MR) is 51.2 cm³/mol. The van der Waals surface area contributed by atoms with Crippen molar-refractivity contribution in [3.63, 3.8) is 0 Å². The van der Waals surface area contributed by atoms with Gasteiger partial charge in [-0.2, -0.15) is 0 Å². The second-order valence-corrected chi connectivity index (χ2v) is 3.96. The normalized spacial score (nSPS) is 29.5. The molecule has 0 aromatic rings. The molecule has 4 heteroatoms. The predicted octanol–water partition coefficient (Wildman–Crippen LogP) is 1.57. The highest BCUT2D eigenvalue weighted by atomic mass is 19.3. The van der Waals surface area contributed by atoms with Crippen LogP contribution in [0.25, 0.3) is 0 Å².